The minimum atomic E-state index is 0.597. The van der Waals surface area contributed by atoms with Crippen molar-refractivity contribution in [1.82, 2.24) is 15.0 Å². The first-order valence-electron chi connectivity index (χ1n) is 18.0. The lowest BCUT2D eigenvalue weighted by Crippen LogP contribution is -2.01. The molecule has 0 saturated carbocycles. The highest BCUT2D eigenvalue weighted by Crippen LogP contribution is 2.47. The van der Waals surface area contributed by atoms with Gasteiger partial charge in [-0.3, -0.25) is 0 Å². The summed E-state index contributed by atoms with van der Waals surface area (Å²) in [5.74, 6) is 1.82. The highest BCUT2D eigenvalue weighted by atomic mass is 32.1. The van der Waals surface area contributed by atoms with E-state index < -0.39 is 0 Å². The van der Waals surface area contributed by atoms with Gasteiger partial charge in [0.15, 0.2) is 17.5 Å². The van der Waals surface area contributed by atoms with Gasteiger partial charge < -0.3 is 4.42 Å². The van der Waals surface area contributed by atoms with Crippen LogP contribution in [0.2, 0.25) is 0 Å². The summed E-state index contributed by atoms with van der Waals surface area (Å²) < 4.78 is 9.04. The molecule has 11 rings (SSSR count). The van der Waals surface area contributed by atoms with Gasteiger partial charge in [-0.15, -0.1) is 11.3 Å². The maximum Gasteiger partial charge on any atom is 0.165 e. The molecule has 0 unspecified atom stereocenters. The summed E-state index contributed by atoms with van der Waals surface area (Å²) in [7, 11) is 0. The van der Waals surface area contributed by atoms with Crippen LogP contribution >= 0.6 is 11.3 Å². The predicted molar refractivity (Wildman–Crippen MR) is 225 cm³/mol. The Kier molecular flexibility index (Phi) is 7.00. The van der Waals surface area contributed by atoms with Gasteiger partial charge in [-0.2, -0.15) is 0 Å². The van der Waals surface area contributed by atoms with Crippen LogP contribution in [0.25, 0.3) is 109 Å². The first-order valence-corrected chi connectivity index (χ1v) is 18.8. The van der Waals surface area contributed by atoms with Gasteiger partial charge in [-0.1, -0.05) is 152 Å². The van der Waals surface area contributed by atoms with E-state index in [1.165, 1.54) is 30.9 Å². The molecule has 0 atom stereocenters. The van der Waals surface area contributed by atoms with Crippen LogP contribution in [-0.2, 0) is 0 Å². The van der Waals surface area contributed by atoms with E-state index in [0.29, 0.717) is 17.5 Å². The molecule has 0 N–H and O–H groups in total. The molecule has 3 heterocycles. The molecule has 3 aromatic heterocycles. The minimum absolute atomic E-state index is 0.597. The maximum absolute atomic E-state index is 6.51. The lowest BCUT2D eigenvalue weighted by molar-refractivity contribution is 0.669. The number of nitrogens with zero attached hydrogens (tertiary/aromatic N) is 3. The molecule has 0 aliphatic rings. The Morgan fingerprint density at radius 2 is 1.00 bits per heavy atom. The van der Waals surface area contributed by atoms with Crippen LogP contribution in [0.5, 0.6) is 0 Å². The number of furan rings is 1. The zero-order chi connectivity index (χ0) is 35.6. The van der Waals surface area contributed by atoms with Crippen molar-refractivity contribution in [1.29, 1.82) is 0 Å². The molecular weight excluding hydrogens is 679 g/mol. The Morgan fingerprint density at radius 1 is 0.370 bits per heavy atom. The summed E-state index contributed by atoms with van der Waals surface area (Å²) in [6, 6.07) is 61.4. The molecular formula is C49H29N3OS. The summed E-state index contributed by atoms with van der Waals surface area (Å²) in [6.07, 6.45) is 0. The third-order valence-corrected chi connectivity index (χ3v) is 11.6. The Morgan fingerprint density at radius 3 is 1.80 bits per heavy atom. The third-order valence-electron chi connectivity index (χ3n) is 10.4. The van der Waals surface area contributed by atoms with E-state index in [-0.39, 0.29) is 0 Å². The largest absolute Gasteiger partial charge is 0.456 e. The average molecular weight is 708 g/mol. The van der Waals surface area contributed by atoms with E-state index >= 15 is 0 Å². The lowest BCUT2D eigenvalue weighted by Gasteiger charge is -2.14. The molecule has 0 radical (unpaired) electrons. The number of hydrogen-bond donors (Lipinski definition) is 0. The van der Waals surface area contributed by atoms with Gasteiger partial charge in [0.05, 0.1) is 0 Å². The number of para-hydroxylation sites is 1. The number of hydrogen-bond acceptors (Lipinski definition) is 5. The van der Waals surface area contributed by atoms with Crippen molar-refractivity contribution < 1.29 is 4.42 Å². The van der Waals surface area contributed by atoms with Crippen molar-refractivity contribution in [2.75, 3.05) is 0 Å². The quantitative estimate of drug-likeness (QED) is 0.179. The zero-order valence-corrected chi connectivity index (χ0v) is 29.7. The van der Waals surface area contributed by atoms with Crippen molar-refractivity contribution in [3.63, 3.8) is 0 Å². The smallest absolute Gasteiger partial charge is 0.165 e. The fraction of sp³-hybridized carbons (Fsp3) is 0. The summed E-state index contributed by atoms with van der Waals surface area (Å²) >= 11 is 1.85. The zero-order valence-electron chi connectivity index (χ0n) is 28.9. The van der Waals surface area contributed by atoms with Crippen molar-refractivity contribution in [2.45, 2.75) is 0 Å². The molecule has 54 heavy (non-hydrogen) atoms. The van der Waals surface area contributed by atoms with Crippen LogP contribution in [0.3, 0.4) is 0 Å². The van der Waals surface area contributed by atoms with Crippen LogP contribution < -0.4 is 0 Å². The SMILES string of the molecule is c1ccc(-c2ccc(-c3nc(-c4ccccc4)nc(-c4c(-c5cccc6sc7c8ccccc8ccc7c56)ccc5oc6ccccc6c45)n3)cc2)cc1. The fourth-order valence-electron chi connectivity index (χ4n) is 7.83. The molecule has 0 aliphatic carbocycles. The van der Waals surface area contributed by atoms with Gasteiger partial charge >= 0.3 is 0 Å². The van der Waals surface area contributed by atoms with Crippen molar-refractivity contribution in [2.24, 2.45) is 0 Å². The third kappa shape index (κ3) is 4.94. The molecule has 0 saturated heterocycles. The predicted octanol–water partition coefficient (Wildman–Crippen LogP) is 13.6. The second-order valence-electron chi connectivity index (χ2n) is 13.5. The topological polar surface area (TPSA) is 51.8 Å². The van der Waals surface area contributed by atoms with Crippen molar-refractivity contribution in [3.8, 4) is 56.4 Å². The number of fused-ring (bicyclic) bond motifs is 8. The van der Waals surface area contributed by atoms with E-state index in [4.69, 9.17) is 19.4 Å². The molecule has 0 aliphatic heterocycles. The Balaban J connectivity index is 1.21. The maximum atomic E-state index is 6.51. The fourth-order valence-corrected chi connectivity index (χ4v) is 9.09. The molecule has 5 heteroatoms. The van der Waals surface area contributed by atoms with Gasteiger partial charge in [-0.25, -0.2) is 15.0 Å². The molecule has 0 fully saturated rings. The molecule has 8 aromatic carbocycles. The monoisotopic (exact) mass is 707 g/mol. The van der Waals surface area contributed by atoms with E-state index in [1.807, 2.05) is 47.7 Å². The van der Waals surface area contributed by atoms with E-state index in [9.17, 15) is 0 Å². The van der Waals surface area contributed by atoms with Crippen LogP contribution in [0, 0.1) is 0 Å². The summed E-state index contributed by atoms with van der Waals surface area (Å²) in [6.45, 7) is 0. The number of thiophene rings is 1. The summed E-state index contributed by atoms with van der Waals surface area (Å²) in [5.41, 5.74) is 8.85. The van der Waals surface area contributed by atoms with Crippen molar-refractivity contribution in [3.05, 3.63) is 176 Å². The number of benzene rings is 8. The van der Waals surface area contributed by atoms with Gasteiger partial charge in [0, 0.05) is 47.6 Å². The van der Waals surface area contributed by atoms with E-state index in [1.54, 1.807) is 0 Å². The standard InChI is InChI=1S/C49H29N3OS/c1-3-12-30(13-4-1)31-22-24-34(25-23-31)48-50-47(33-15-5-2-6-16-33)51-49(52-48)45-37(28-29-41-44(45)38-18-9-10-20-40(38)53-41)36-19-11-21-42-43(36)39-27-26-32-14-7-8-17-35(32)46(39)54-42/h1-29H. The molecule has 252 valence electrons. The van der Waals surface area contributed by atoms with Crippen LogP contribution in [0.15, 0.2) is 180 Å². The highest BCUT2D eigenvalue weighted by Gasteiger charge is 2.24. The Bertz CT molecular complexity index is 3200. The van der Waals surface area contributed by atoms with E-state index in [0.717, 1.165) is 60.9 Å². The summed E-state index contributed by atoms with van der Waals surface area (Å²) in [4.78, 5) is 15.7. The van der Waals surface area contributed by atoms with Crippen LogP contribution in [-0.4, -0.2) is 15.0 Å². The lowest BCUT2D eigenvalue weighted by atomic mass is 9.91. The molecule has 0 spiro atoms. The first-order chi connectivity index (χ1) is 26.8. The van der Waals surface area contributed by atoms with E-state index in [2.05, 4.69) is 140 Å². The average Bonchev–Trinajstić information content (AvgIpc) is 3.83. The normalized spacial score (nSPS) is 11.7. The second-order valence-corrected chi connectivity index (χ2v) is 14.6. The minimum Gasteiger partial charge on any atom is -0.456 e. The van der Waals surface area contributed by atoms with Crippen molar-refractivity contribution >= 4 is 64.2 Å². The highest BCUT2D eigenvalue weighted by molar-refractivity contribution is 7.26. The van der Waals surface area contributed by atoms with Crippen LogP contribution in [0.4, 0.5) is 0 Å². The van der Waals surface area contributed by atoms with Gasteiger partial charge in [-0.05, 0) is 57.3 Å². The Labute approximate surface area is 314 Å². The molecule has 0 amide bonds. The first kappa shape index (κ1) is 30.7. The molecule has 0 bridgehead atoms. The molecule has 11 aromatic rings. The molecule has 4 nitrogen and oxygen atoms in total. The Hall–Kier alpha value is -6.95. The summed E-state index contributed by atoms with van der Waals surface area (Å²) in [5, 5.41) is 6.99. The van der Waals surface area contributed by atoms with Gasteiger partial charge in [0.2, 0.25) is 0 Å². The van der Waals surface area contributed by atoms with Crippen LogP contribution in [0.1, 0.15) is 0 Å². The number of rotatable bonds is 5. The number of aromatic nitrogens is 3. The van der Waals surface area contributed by atoms with Gasteiger partial charge in [0.25, 0.3) is 0 Å². The van der Waals surface area contributed by atoms with Gasteiger partial charge in [0.1, 0.15) is 11.2 Å². The second kappa shape index (κ2) is 12.3.